The first kappa shape index (κ1) is 20.2. The lowest BCUT2D eigenvalue weighted by Crippen LogP contribution is -2.12. The molecule has 0 saturated heterocycles. The fourth-order valence-electron chi connectivity index (χ4n) is 3.31. The Bertz CT molecular complexity index is 1360. The lowest BCUT2D eigenvalue weighted by Gasteiger charge is -2.02. The number of halogens is 1. The minimum Gasteiger partial charge on any atom is -0.298 e. The number of thiazole rings is 1. The molecule has 0 aliphatic carbocycles. The summed E-state index contributed by atoms with van der Waals surface area (Å²) in [7, 11) is 0. The van der Waals surface area contributed by atoms with Crippen LogP contribution < -0.4 is 5.32 Å². The van der Waals surface area contributed by atoms with Crippen LogP contribution in [0.5, 0.6) is 0 Å². The lowest BCUT2D eigenvalue weighted by molar-refractivity contribution is 0.102. The number of nitrogens with zero attached hydrogens (tertiary/aromatic N) is 3. The fraction of sp³-hybridized carbons (Fsp3) is 0. The third-order valence-corrected chi connectivity index (χ3v) is 5.90. The average molecular weight is 457 g/mol. The summed E-state index contributed by atoms with van der Waals surface area (Å²) in [5.41, 5.74) is 4.55. The van der Waals surface area contributed by atoms with E-state index in [4.69, 9.17) is 16.7 Å². The zero-order valence-corrected chi connectivity index (χ0v) is 18.3. The molecule has 1 N–H and O–H groups in total. The molecule has 0 spiro atoms. The first-order valence-corrected chi connectivity index (χ1v) is 11.2. The Morgan fingerprint density at radius 3 is 2.28 bits per heavy atom. The molecule has 5 aromatic rings. The summed E-state index contributed by atoms with van der Waals surface area (Å²) in [6, 6.07) is 26.8. The molecule has 1 amide bonds. The second kappa shape index (κ2) is 8.78. The summed E-state index contributed by atoms with van der Waals surface area (Å²) in [5, 5.41) is 10.7. The van der Waals surface area contributed by atoms with Crippen LogP contribution in [0.2, 0.25) is 5.02 Å². The van der Waals surface area contributed by atoms with Gasteiger partial charge in [0, 0.05) is 27.7 Å². The largest absolute Gasteiger partial charge is 0.298 e. The summed E-state index contributed by atoms with van der Waals surface area (Å²) in [4.78, 5) is 17.8. The first-order valence-electron chi connectivity index (χ1n) is 9.91. The van der Waals surface area contributed by atoms with Crippen LogP contribution in [0.15, 0.2) is 96.5 Å². The zero-order valence-electron chi connectivity index (χ0n) is 16.8. The molecular formula is C25H17ClN4OS. The van der Waals surface area contributed by atoms with E-state index in [-0.39, 0.29) is 5.91 Å². The average Bonchev–Trinajstić information content (AvgIpc) is 3.48. The molecule has 0 unspecified atom stereocenters. The number of nitrogens with one attached hydrogen (secondary N) is 1. The van der Waals surface area contributed by atoms with E-state index in [0.717, 1.165) is 22.5 Å². The molecule has 0 fully saturated rings. The number of benzene rings is 3. The van der Waals surface area contributed by atoms with E-state index in [9.17, 15) is 4.79 Å². The molecule has 5 rings (SSSR count). The topological polar surface area (TPSA) is 59.8 Å². The standard InChI is InChI=1S/C25H17ClN4OS/c26-19-13-11-17(12-14-19)22-16-32-25(27-22)28-24(31)21-15-30(20-9-5-2-6-10-20)29-23(21)18-7-3-1-4-8-18/h1-16H,(H,27,28,31). The van der Waals surface area contributed by atoms with Crippen LogP contribution in [0.3, 0.4) is 0 Å². The summed E-state index contributed by atoms with van der Waals surface area (Å²) in [6.45, 7) is 0. The lowest BCUT2D eigenvalue weighted by atomic mass is 10.1. The molecule has 0 atom stereocenters. The number of amides is 1. The number of rotatable bonds is 5. The third-order valence-electron chi connectivity index (χ3n) is 4.89. The predicted octanol–water partition coefficient (Wildman–Crippen LogP) is 6.57. The van der Waals surface area contributed by atoms with Crippen molar-refractivity contribution >= 4 is 34.0 Å². The Balaban J connectivity index is 1.47. The Morgan fingerprint density at radius 2 is 1.56 bits per heavy atom. The molecule has 0 saturated carbocycles. The third kappa shape index (κ3) is 4.19. The summed E-state index contributed by atoms with van der Waals surface area (Å²) < 4.78 is 1.72. The number of aromatic nitrogens is 3. The number of anilines is 1. The van der Waals surface area contributed by atoms with Crippen LogP contribution in [-0.2, 0) is 0 Å². The Hall–Kier alpha value is -3.74. The Morgan fingerprint density at radius 1 is 0.875 bits per heavy atom. The smallest absolute Gasteiger partial charge is 0.261 e. The summed E-state index contributed by atoms with van der Waals surface area (Å²) >= 11 is 7.34. The molecule has 2 heterocycles. The summed E-state index contributed by atoms with van der Waals surface area (Å²) in [6.07, 6.45) is 1.75. The van der Waals surface area contributed by atoms with Crippen LogP contribution in [0.1, 0.15) is 10.4 Å². The highest BCUT2D eigenvalue weighted by atomic mass is 35.5. The van der Waals surface area contributed by atoms with Crippen LogP contribution in [0.25, 0.3) is 28.2 Å². The van der Waals surface area contributed by atoms with Crippen molar-refractivity contribution in [2.24, 2.45) is 0 Å². The van der Waals surface area contributed by atoms with Crippen molar-refractivity contribution in [1.29, 1.82) is 0 Å². The molecule has 32 heavy (non-hydrogen) atoms. The maximum Gasteiger partial charge on any atom is 0.261 e. The van der Waals surface area contributed by atoms with Gasteiger partial charge in [-0.15, -0.1) is 11.3 Å². The van der Waals surface area contributed by atoms with Gasteiger partial charge in [0.2, 0.25) is 0 Å². The van der Waals surface area contributed by atoms with E-state index >= 15 is 0 Å². The predicted molar refractivity (Wildman–Crippen MR) is 130 cm³/mol. The highest BCUT2D eigenvalue weighted by Gasteiger charge is 2.20. The molecule has 2 aromatic heterocycles. The number of hydrogen-bond acceptors (Lipinski definition) is 4. The van der Waals surface area contributed by atoms with Crippen molar-refractivity contribution in [3.8, 4) is 28.2 Å². The van der Waals surface area contributed by atoms with Crippen molar-refractivity contribution in [2.45, 2.75) is 0 Å². The van der Waals surface area contributed by atoms with Gasteiger partial charge in [-0.25, -0.2) is 9.67 Å². The van der Waals surface area contributed by atoms with Gasteiger partial charge in [-0.3, -0.25) is 10.1 Å². The number of para-hydroxylation sites is 1. The number of hydrogen-bond donors (Lipinski definition) is 1. The maximum atomic E-state index is 13.2. The summed E-state index contributed by atoms with van der Waals surface area (Å²) in [5.74, 6) is -0.261. The van der Waals surface area contributed by atoms with E-state index < -0.39 is 0 Å². The van der Waals surface area contributed by atoms with Gasteiger partial charge in [-0.05, 0) is 24.3 Å². The molecule has 3 aromatic carbocycles. The minimum atomic E-state index is -0.261. The van der Waals surface area contributed by atoms with Crippen LogP contribution in [0, 0.1) is 0 Å². The van der Waals surface area contributed by atoms with Crippen LogP contribution in [0.4, 0.5) is 5.13 Å². The second-order valence-corrected chi connectivity index (χ2v) is 8.33. The minimum absolute atomic E-state index is 0.261. The zero-order chi connectivity index (χ0) is 21.9. The molecular weight excluding hydrogens is 440 g/mol. The Labute approximate surface area is 194 Å². The molecule has 0 aliphatic rings. The van der Waals surface area contributed by atoms with E-state index in [2.05, 4.69) is 10.3 Å². The van der Waals surface area contributed by atoms with Crippen LogP contribution in [-0.4, -0.2) is 20.7 Å². The normalized spacial score (nSPS) is 10.8. The quantitative estimate of drug-likeness (QED) is 0.325. The van der Waals surface area contributed by atoms with Crippen molar-refractivity contribution < 1.29 is 4.79 Å². The van der Waals surface area contributed by atoms with E-state index in [1.807, 2.05) is 90.3 Å². The second-order valence-electron chi connectivity index (χ2n) is 7.04. The van der Waals surface area contributed by atoms with Gasteiger partial charge < -0.3 is 0 Å². The van der Waals surface area contributed by atoms with E-state index in [1.54, 1.807) is 10.9 Å². The molecule has 0 radical (unpaired) electrons. The molecule has 5 nitrogen and oxygen atoms in total. The van der Waals surface area contributed by atoms with Crippen molar-refractivity contribution in [2.75, 3.05) is 5.32 Å². The highest BCUT2D eigenvalue weighted by molar-refractivity contribution is 7.14. The van der Waals surface area contributed by atoms with Crippen molar-refractivity contribution in [1.82, 2.24) is 14.8 Å². The van der Waals surface area contributed by atoms with Gasteiger partial charge >= 0.3 is 0 Å². The van der Waals surface area contributed by atoms with E-state index in [0.29, 0.717) is 21.4 Å². The SMILES string of the molecule is O=C(Nc1nc(-c2ccc(Cl)cc2)cs1)c1cn(-c2ccccc2)nc1-c1ccccc1. The molecule has 0 aliphatic heterocycles. The number of carbonyl (C=O) groups excluding carboxylic acids is 1. The maximum absolute atomic E-state index is 13.2. The molecule has 7 heteroatoms. The van der Waals surface area contributed by atoms with Gasteiger partial charge in [0.15, 0.2) is 5.13 Å². The van der Waals surface area contributed by atoms with Crippen molar-refractivity contribution in [3.05, 3.63) is 107 Å². The Kier molecular flexibility index (Phi) is 5.54. The van der Waals surface area contributed by atoms with Gasteiger partial charge in [-0.1, -0.05) is 72.3 Å². The van der Waals surface area contributed by atoms with Crippen molar-refractivity contribution in [3.63, 3.8) is 0 Å². The molecule has 0 bridgehead atoms. The van der Waals surface area contributed by atoms with Gasteiger partial charge in [0.1, 0.15) is 5.69 Å². The first-order chi connectivity index (χ1) is 15.7. The van der Waals surface area contributed by atoms with E-state index in [1.165, 1.54) is 11.3 Å². The van der Waals surface area contributed by atoms with Gasteiger partial charge in [-0.2, -0.15) is 5.10 Å². The molecule has 156 valence electrons. The van der Waals surface area contributed by atoms with Crippen LogP contribution >= 0.6 is 22.9 Å². The van der Waals surface area contributed by atoms with Gasteiger partial charge in [0.25, 0.3) is 5.91 Å². The fourth-order valence-corrected chi connectivity index (χ4v) is 4.15. The monoisotopic (exact) mass is 456 g/mol. The number of carbonyl (C=O) groups is 1. The van der Waals surface area contributed by atoms with Gasteiger partial charge in [0.05, 0.1) is 16.9 Å². The highest BCUT2D eigenvalue weighted by Crippen LogP contribution is 2.28.